The number of nitrogens with one attached hydrogen (secondary N) is 1. The zero-order valence-electron chi connectivity index (χ0n) is 13.2. The molecule has 2 saturated carbocycles. The highest BCUT2D eigenvalue weighted by Gasteiger charge is 2.51. The lowest BCUT2D eigenvalue weighted by Gasteiger charge is -2.40. The number of fused-ring (bicyclic) bond motifs is 2. The molecule has 3 aliphatic rings. The summed E-state index contributed by atoms with van der Waals surface area (Å²) in [5.74, 6) is 1.95. The van der Waals surface area contributed by atoms with Crippen LogP contribution in [0.3, 0.4) is 0 Å². The molecule has 1 heterocycles. The lowest BCUT2D eigenvalue weighted by Crippen LogP contribution is -2.42. The average molecular weight is 281 g/mol. The van der Waals surface area contributed by atoms with Gasteiger partial charge in [-0.1, -0.05) is 6.42 Å². The first-order valence-electron chi connectivity index (χ1n) is 8.57. The molecule has 5 atom stereocenters. The molecule has 1 aliphatic heterocycles. The predicted octanol–water partition coefficient (Wildman–Crippen LogP) is 2.99. The van der Waals surface area contributed by atoms with Gasteiger partial charge in [0, 0.05) is 20.2 Å². The van der Waals surface area contributed by atoms with Crippen molar-refractivity contribution in [3.8, 4) is 0 Å². The molecule has 1 saturated heterocycles. The molecular formula is C17H31NO2. The molecule has 0 amide bonds. The largest absolute Gasteiger partial charge is 0.383 e. The summed E-state index contributed by atoms with van der Waals surface area (Å²) in [5.41, 5.74) is 0.519. The summed E-state index contributed by atoms with van der Waals surface area (Å²) in [6.07, 6.45) is 10.7. The summed E-state index contributed by atoms with van der Waals surface area (Å²) in [6, 6.07) is 0. The van der Waals surface area contributed by atoms with Crippen LogP contribution in [0.4, 0.5) is 0 Å². The molecule has 0 spiro atoms. The molecule has 0 aromatic heterocycles. The van der Waals surface area contributed by atoms with Gasteiger partial charge in [-0.05, 0) is 62.7 Å². The van der Waals surface area contributed by atoms with Gasteiger partial charge in [-0.2, -0.15) is 0 Å². The van der Waals surface area contributed by atoms with Crippen molar-refractivity contribution >= 4 is 0 Å². The van der Waals surface area contributed by atoms with Crippen LogP contribution in [-0.2, 0) is 9.47 Å². The van der Waals surface area contributed by atoms with E-state index in [4.69, 9.17) is 9.47 Å². The number of hydrogen-bond donors (Lipinski definition) is 1. The summed E-state index contributed by atoms with van der Waals surface area (Å²) in [6.45, 7) is 5.20. The van der Waals surface area contributed by atoms with Gasteiger partial charge >= 0.3 is 0 Å². The van der Waals surface area contributed by atoms with E-state index in [0.29, 0.717) is 17.6 Å². The molecule has 0 aromatic carbocycles. The van der Waals surface area contributed by atoms with Gasteiger partial charge in [0.25, 0.3) is 0 Å². The first kappa shape index (κ1) is 14.8. The molecule has 1 N–H and O–H groups in total. The molecule has 3 fully saturated rings. The zero-order chi connectivity index (χ0) is 14.0. The minimum absolute atomic E-state index is 0.483. The van der Waals surface area contributed by atoms with E-state index in [2.05, 4.69) is 12.2 Å². The molecule has 3 rings (SSSR count). The maximum Gasteiger partial charge on any atom is 0.0587 e. The standard InChI is InChI=1S/C17H31NO2/c1-13-3-6-16(20-13)11-17(12-18-7-8-19-2)10-14-4-5-15(17)9-14/h13-16,18H,3-12H2,1-2H3. The second-order valence-corrected chi connectivity index (χ2v) is 7.46. The molecule has 116 valence electrons. The smallest absolute Gasteiger partial charge is 0.0587 e. The molecule has 0 aromatic rings. The Balaban J connectivity index is 1.59. The molecule has 3 heteroatoms. The molecule has 2 bridgehead atoms. The minimum atomic E-state index is 0.483. The normalized spacial score (nSPS) is 43.5. The molecular weight excluding hydrogens is 250 g/mol. The third kappa shape index (κ3) is 3.05. The highest BCUT2D eigenvalue weighted by molar-refractivity contribution is 5.02. The third-order valence-electron chi connectivity index (χ3n) is 6.02. The van der Waals surface area contributed by atoms with E-state index in [9.17, 15) is 0 Å². The van der Waals surface area contributed by atoms with Gasteiger partial charge in [-0.15, -0.1) is 0 Å². The van der Waals surface area contributed by atoms with E-state index in [1.807, 2.05) is 0 Å². The van der Waals surface area contributed by atoms with E-state index in [-0.39, 0.29) is 0 Å². The van der Waals surface area contributed by atoms with Gasteiger partial charge in [-0.25, -0.2) is 0 Å². The maximum atomic E-state index is 6.13. The lowest BCUT2D eigenvalue weighted by molar-refractivity contribution is 0.00409. The average Bonchev–Trinajstić information content (AvgIpc) is 3.11. The highest BCUT2D eigenvalue weighted by Crippen LogP contribution is 2.58. The fourth-order valence-corrected chi connectivity index (χ4v) is 5.10. The fourth-order valence-electron chi connectivity index (χ4n) is 5.10. The van der Waals surface area contributed by atoms with Gasteiger partial charge in [0.15, 0.2) is 0 Å². The monoisotopic (exact) mass is 281 g/mol. The number of methoxy groups -OCH3 is 1. The van der Waals surface area contributed by atoms with Crippen molar-refractivity contribution in [1.82, 2.24) is 5.32 Å². The predicted molar refractivity (Wildman–Crippen MR) is 80.8 cm³/mol. The summed E-state index contributed by atoms with van der Waals surface area (Å²) >= 11 is 0. The van der Waals surface area contributed by atoms with Crippen LogP contribution in [-0.4, -0.2) is 39.0 Å². The van der Waals surface area contributed by atoms with Crippen molar-refractivity contribution in [1.29, 1.82) is 0 Å². The highest BCUT2D eigenvalue weighted by atomic mass is 16.5. The molecule has 5 unspecified atom stereocenters. The van der Waals surface area contributed by atoms with Crippen LogP contribution < -0.4 is 5.32 Å². The Kier molecular flexibility index (Phi) is 4.68. The zero-order valence-corrected chi connectivity index (χ0v) is 13.2. The van der Waals surface area contributed by atoms with Gasteiger partial charge < -0.3 is 14.8 Å². The first-order valence-corrected chi connectivity index (χ1v) is 8.57. The van der Waals surface area contributed by atoms with E-state index in [1.54, 1.807) is 7.11 Å². The summed E-state index contributed by atoms with van der Waals surface area (Å²) < 4.78 is 11.3. The van der Waals surface area contributed by atoms with E-state index >= 15 is 0 Å². The van der Waals surface area contributed by atoms with Crippen LogP contribution in [0.2, 0.25) is 0 Å². The van der Waals surface area contributed by atoms with Gasteiger partial charge in [-0.3, -0.25) is 0 Å². The fraction of sp³-hybridized carbons (Fsp3) is 1.00. The van der Waals surface area contributed by atoms with Crippen molar-refractivity contribution in [2.24, 2.45) is 17.3 Å². The Morgan fingerprint density at radius 3 is 2.75 bits per heavy atom. The Labute approximate surface area is 123 Å². The number of hydrogen-bond acceptors (Lipinski definition) is 3. The first-order chi connectivity index (χ1) is 9.72. The van der Waals surface area contributed by atoms with Gasteiger partial charge in [0.1, 0.15) is 0 Å². The lowest BCUT2D eigenvalue weighted by atomic mass is 9.69. The van der Waals surface area contributed by atoms with Crippen molar-refractivity contribution < 1.29 is 9.47 Å². The third-order valence-corrected chi connectivity index (χ3v) is 6.02. The van der Waals surface area contributed by atoms with Crippen LogP contribution in [0.15, 0.2) is 0 Å². The number of rotatable bonds is 7. The second kappa shape index (κ2) is 6.33. The van der Waals surface area contributed by atoms with Crippen molar-refractivity contribution in [2.45, 2.75) is 64.1 Å². The quantitative estimate of drug-likeness (QED) is 0.728. The molecule has 20 heavy (non-hydrogen) atoms. The summed E-state index contributed by atoms with van der Waals surface area (Å²) in [4.78, 5) is 0. The Bertz CT molecular complexity index is 322. The van der Waals surface area contributed by atoms with Crippen molar-refractivity contribution in [3.05, 3.63) is 0 Å². The Morgan fingerprint density at radius 1 is 1.25 bits per heavy atom. The Morgan fingerprint density at radius 2 is 2.15 bits per heavy atom. The minimum Gasteiger partial charge on any atom is -0.383 e. The van der Waals surface area contributed by atoms with Crippen LogP contribution in [0.25, 0.3) is 0 Å². The maximum absolute atomic E-state index is 6.13. The second-order valence-electron chi connectivity index (χ2n) is 7.46. The van der Waals surface area contributed by atoms with Gasteiger partial charge in [0.2, 0.25) is 0 Å². The Hall–Kier alpha value is -0.120. The van der Waals surface area contributed by atoms with E-state index in [0.717, 1.165) is 25.0 Å². The van der Waals surface area contributed by atoms with Crippen LogP contribution in [0.1, 0.15) is 51.9 Å². The molecule has 3 nitrogen and oxygen atoms in total. The van der Waals surface area contributed by atoms with Crippen LogP contribution in [0, 0.1) is 17.3 Å². The summed E-state index contributed by atoms with van der Waals surface area (Å²) in [5, 5.41) is 3.66. The molecule has 2 aliphatic carbocycles. The number of ether oxygens (including phenoxy) is 2. The van der Waals surface area contributed by atoms with Crippen molar-refractivity contribution in [2.75, 3.05) is 26.8 Å². The van der Waals surface area contributed by atoms with E-state index in [1.165, 1.54) is 51.5 Å². The van der Waals surface area contributed by atoms with Gasteiger partial charge in [0.05, 0.1) is 18.8 Å². The summed E-state index contributed by atoms with van der Waals surface area (Å²) in [7, 11) is 1.78. The SMILES string of the molecule is COCCNCC1(CC2CCC(C)O2)CC2CCC1C2. The molecule has 0 radical (unpaired) electrons. The van der Waals surface area contributed by atoms with E-state index < -0.39 is 0 Å². The topological polar surface area (TPSA) is 30.5 Å². The van der Waals surface area contributed by atoms with Crippen molar-refractivity contribution in [3.63, 3.8) is 0 Å². The van der Waals surface area contributed by atoms with Crippen LogP contribution in [0.5, 0.6) is 0 Å². The van der Waals surface area contributed by atoms with Crippen LogP contribution >= 0.6 is 0 Å².